The lowest BCUT2D eigenvalue weighted by Crippen LogP contribution is -2.47. The Labute approximate surface area is 143 Å². The summed E-state index contributed by atoms with van der Waals surface area (Å²) in [5, 5.41) is 3.41. The van der Waals surface area contributed by atoms with Crippen LogP contribution in [0, 0.1) is 5.92 Å². The van der Waals surface area contributed by atoms with Crippen molar-refractivity contribution in [2.75, 3.05) is 17.1 Å². The second-order valence-corrected chi connectivity index (χ2v) is 8.53. The van der Waals surface area contributed by atoms with Crippen molar-refractivity contribution >= 4 is 33.2 Å². The van der Waals surface area contributed by atoms with Crippen molar-refractivity contribution in [3.05, 3.63) is 29.3 Å². The minimum Gasteiger partial charge on any atom is -0.352 e. The Kier molecular flexibility index (Phi) is 5.92. The van der Waals surface area contributed by atoms with Gasteiger partial charge in [0, 0.05) is 11.1 Å². The molecule has 1 amide bonds. The molecular formula is C16H23ClN2O3S. The number of carbonyl (C=O) groups is 1. The summed E-state index contributed by atoms with van der Waals surface area (Å²) in [6.07, 6.45) is 5.41. The summed E-state index contributed by atoms with van der Waals surface area (Å²) >= 11 is 5.93. The number of halogens is 1. The molecule has 2 atom stereocenters. The van der Waals surface area contributed by atoms with Crippen LogP contribution < -0.4 is 9.62 Å². The smallest absolute Gasteiger partial charge is 0.241 e. The lowest BCUT2D eigenvalue weighted by molar-refractivity contribution is -0.120. The van der Waals surface area contributed by atoms with E-state index in [2.05, 4.69) is 12.2 Å². The first kappa shape index (κ1) is 18.1. The Bertz CT molecular complexity index is 663. The van der Waals surface area contributed by atoms with Gasteiger partial charge in [0.1, 0.15) is 6.54 Å². The molecule has 1 aliphatic rings. The Morgan fingerprint density at radius 3 is 2.65 bits per heavy atom. The van der Waals surface area contributed by atoms with Gasteiger partial charge in [-0.3, -0.25) is 9.10 Å². The zero-order valence-corrected chi connectivity index (χ0v) is 15.0. The molecule has 23 heavy (non-hydrogen) atoms. The standard InChI is InChI=1S/C16H23ClN2O3S/c1-12-6-3-4-9-15(12)18-16(20)11-19(23(2,21)22)14-8-5-7-13(17)10-14/h5,7-8,10,12,15H,3-4,6,9,11H2,1-2H3,(H,18,20)/t12-,15-/m0/s1. The number of rotatable bonds is 5. The van der Waals surface area contributed by atoms with Crippen molar-refractivity contribution in [1.82, 2.24) is 5.32 Å². The van der Waals surface area contributed by atoms with Crippen molar-refractivity contribution < 1.29 is 13.2 Å². The van der Waals surface area contributed by atoms with Gasteiger partial charge < -0.3 is 5.32 Å². The average Bonchev–Trinajstić information content (AvgIpc) is 2.46. The number of nitrogens with one attached hydrogen (secondary N) is 1. The molecule has 0 bridgehead atoms. The second kappa shape index (κ2) is 7.53. The fraction of sp³-hybridized carbons (Fsp3) is 0.562. The highest BCUT2D eigenvalue weighted by Crippen LogP contribution is 2.24. The van der Waals surface area contributed by atoms with Gasteiger partial charge in [-0.05, 0) is 37.0 Å². The SMILES string of the molecule is C[C@H]1CCCC[C@@H]1NC(=O)CN(c1cccc(Cl)c1)S(C)(=O)=O. The van der Waals surface area contributed by atoms with Crippen molar-refractivity contribution in [2.24, 2.45) is 5.92 Å². The van der Waals surface area contributed by atoms with Crippen molar-refractivity contribution in [3.8, 4) is 0 Å². The molecule has 128 valence electrons. The first-order chi connectivity index (χ1) is 10.8. The monoisotopic (exact) mass is 358 g/mol. The van der Waals surface area contributed by atoms with E-state index in [4.69, 9.17) is 11.6 Å². The van der Waals surface area contributed by atoms with Crippen LogP contribution >= 0.6 is 11.6 Å². The number of sulfonamides is 1. The molecule has 0 saturated heterocycles. The Morgan fingerprint density at radius 1 is 1.35 bits per heavy atom. The van der Waals surface area contributed by atoms with Crippen molar-refractivity contribution in [2.45, 2.75) is 38.6 Å². The molecule has 1 fully saturated rings. The van der Waals surface area contributed by atoms with Crippen LogP contribution in [0.3, 0.4) is 0 Å². The largest absolute Gasteiger partial charge is 0.352 e. The van der Waals surface area contributed by atoms with Crippen LogP contribution in [0.1, 0.15) is 32.6 Å². The predicted octanol–water partition coefficient (Wildman–Crippen LogP) is 2.80. The van der Waals surface area contributed by atoms with Crippen molar-refractivity contribution in [1.29, 1.82) is 0 Å². The van der Waals surface area contributed by atoms with Gasteiger partial charge in [0.25, 0.3) is 0 Å². The number of hydrogen-bond donors (Lipinski definition) is 1. The molecule has 5 nitrogen and oxygen atoms in total. The maximum absolute atomic E-state index is 12.3. The second-order valence-electron chi connectivity index (χ2n) is 6.19. The van der Waals surface area contributed by atoms with Crippen LogP contribution in [0.15, 0.2) is 24.3 Å². The van der Waals surface area contributed by atoms with Gasteiger partial charge in [-0.1, -0.05) is 37.4 Å². The summed E-state index contributed by atoms with van der Waals surface area (Å²) in [5.41, 5.74) is 0.395. The van der Waals surface area contributed by atoms with Crippen molar-refractivity contribution in [3.63, 3.8) is 0 Å². The Balaban J connectivity index is 2.10. The van der Waals surface area contributed by atoms with E-state index in [1.807, 2.05) is 0 Å². The zero-order chi connectivity index (χ0) is 17.0. The molecule has 0 aromatic heterocycles. The summed E-state index contributed by atoms with van der Waals surface area (Å²) in [6.45, 7) is 1.89. The van der Waals surface area contributed by atoms with Crippen LogP contribution in [0.4, 0.5) is 5.69 Å². The first-order valence-electron chi connectivity index (χ1n) is 7.80. The fourth-order valence-corrected chi connectivity index (χ4v) is 3.98. The third kappa shape index (κ3) is 5.11. The van der Waals surface area contributed by atoms with E-state index in [-0.39, 0.29) is 18.5 Å². The molecule has 2 rings (SSSR count). The number of carbonyl (C=O) groups excluding carboxylic acids is 1. The van der Waals surface area contributed by atoms with Gasteiger partial charge >= 0.3 is 0 Å². The topological polar surface area (TPSA) is 66.5 Å². The molecule has 7 heteroatoms. The predicted molar refractivity (Wildman–Crippen MR) is 93.2 cm³/mol. The van der Waals surface area contributed by atoms with Crippen LogP contribution in [0.5, 0.6) is 0 Å². The van der Waals surface area contributed by atoms with Crippen LogP contribution in [-0.2, 0) is 14.8 Å². The van der Waals surface area contributed by atoms with E-state index in [1.54, 1.807) is 24.3 Å². The molecular weight excluding hydrogens is 336 g/mol. The van der Waals surface area contributed by atoms with Gasteiger partial charge in [-0.2, -0.15) is 0 Å². The molecule has 0 radical (unpaired) electrons. The zero-order valence-electron chi connectivity index (χ0n) is 13.5. The minimum absolute atomic E-state index is 0.122. The van der Waals surface area contributed by atoms with E-state index in [0.717, 1.165) is 29.8 Å². The third-order valence-corrected chi connectivity index (χ3v) is 5.62. The number of amides is 1. The van der Waals surface area contributed by atoms with Gasteiger partial charge in [-0.15, -0.1) is 0 Å². The van der Waals surface area contributed by atoms with E-state index in [0.29, 0.717) is 16.6 Å². The third-order valence-electron chi connectivity index (χ3n) is 4.24. The summed E-state index contributed by atoms with van der Waals surface area (Å²) in [7, 11) is -3.57. The van der Waals surface area contributed by atoms with E-state index >= 15 is 0 Å². The molecule has 1 aromatic carbocycles. The lowest BCUT2D eigenvalue weighted by Gasteiger charge is -2.30. The molecule has 0 heterocycles. The normalized spacial score (nSPS) is 21.7. The molecule has 1 aromatic rings. The van der Waals surface area contributed by atoms with Gasteiger partial charge in [-0.25, -0.2) is 8.42 Å². The highest BCUT2D eigenvalue weighted by atomic mass is 35.5. The van der Waals surface area contributed by atoms with E-state index in [1.165, 1.54) is 6.42 Å². The number of nitrogens with zero attached hydrogens (tertiary/aromatic N) is 1. The lowest BCUT2D eigenvalue weighted by atomic mass is 9.86. The fourth-order valence-electron chi connectivity index (χ4n) is 2.94. The molecule has 0 aliphatic heterocycles. The first-order valence-corrected chi connectivity index (χ1v) is 10.0. The molecule has 0 unspecified atom stereocenters. The molecule has 1 N–H and O–H groups in total. The quantitative estimate of drug-likeness (QED) is 0.880. The van der Waals surface area contributed by atoms with Gasteiger partial charge in [0.15, 0.2) is 0 Å². The summed E-state index contributed by atoms with van der Waals surface area (Å²) in [6, 6.07) is 6.62. The average molecular weight is 359 g/mol. The number of hydrogen-bond acceptors (Lipinski definition) is 3. The Hall–Kier alpha value is -1.27. The number of anilines is 1. The van der Waals surface area contributed by atoms with Gasteiger partial charge in [0.05, 0.1) is 11.9 Å². The van der Waals surface area contributed by atoms with Crippen LogP contribution in [0.25, 0.3) is 0 Å². The molecule has 0 spiro atoms. The van der Waals surface area contributed by atoms with Gasteiger partial charge in [0.2, 0.25) is 15.9 Å². The Morgan fingerprint density at radius 2 is 2.04 bits per heavy atom. The summed E-state index contributed by atoms with van der Waals surface area (Å²) in [4.78, 5) is 12.3. The summed E-state index contributed by atoms with van der Waals surface area (Å²) < 4.78 is 25.2. The summed E-state index contributed by atoms with van der Waals surface area (Å²) in [5.74, 6) is 0.139. The highest BCUT2D eigenvalue weighted by molar-refractivity contribution is 7.92. The van der Waals surface area contributed by atoms with Crippen LogP contribution in [-0.4, -0.2) is 33.2 Å². The molecule has 1 aliphatic carbocycles. The maximum atomic E-state index is 12.3. The van der Waals surface area contributed by atoms with E-state index < -0.39 is 10.0 Å². The maximum Gasteiger partial charge on any atom is 0.241 e. The van der Waals surface area contributed by atoms with E-state index in [9.17, 15) is 13.2 Å². The molecule has 1 saturated carbocycles. The minimum atomic E-state index is -3.57. The highest BCUT2D eigenvalue weighted by Gasteiger charge is 2.26. The van der Waals surface area contributed by atoms with Crippen LogP contribution in [0.2, 0.25) is 5.02 Å². The number of benzene rings is 1.